The Morgan fingerprint density at radius 1 is 0.688 bits per heavy atom. The van der Waals surface area contributed by atoms with Crippen LogP contribution < -0.4 is 0 Å². The Balaban J connectivity index is 3.86. The van der Waals surface area contributed by atoms with Crippen molar-refractivity contribution in [3.8, 4) is 0 Å². The fourth-order valence-corrected chi connectivity index (χ4v) is 2.78. The molecule has 0 amide bonds. The highest BCUT2D eigenvalue weighted by Crippen LogP contribution is 2.27. The molecule has 0 spiro atoms. The molecule has 0 saturated heterocycles. The zero-order chi connectivity index (χ0) is 12.2. The molecule has 0 N–H and O–H groups in total. The highest BCUT2D eigenvalue weighted by atomic mass is 32.1. The monoisotopic (exact) mass is 244 g/mol. The van der Waals surface area contributed by atoms with Crippen molar-refractivity contribution in [2.45, 2.75) is 90.2 Å². The third-order valence-corrected chi connectivity index (χ3v) is 4.18. The van der Waals surface area contributed by atoms with Crippen LogP contribution in [0.2, 0.25) is 0 Å². The summed E-state index contributed by atoms with van der Waals surface area (Å²) >= 11 is 4.83. The second-order valence-electron chi connectivity index (χ2n) is 5.11. The molecule has 0 aliphatic heterocycles. The standard InChI is InChI=1S/C15H32S/c1-4-7-10-12-14(11-8-5-2)15(16)13-9-6-3/h14-16H,4-13H2,1-3H3. The average molecular weight is 244 g/mol. The summed E-state index contributed by atoms with van der Waals surface area (Å²) in [5, 5.41) is 0.656. The second-order valence-corrected chi connectivity index (χ2v) is 5.77. The molecule has 0 aliphatic carbocycles. The molecule has 0 aromatic rings. The Bertz CT molecular complexity index is 133. The Hall–Kier alpha value is 0.350. The van der Waals surface area contributed by atoms with Gasteiger partial charge in [-0.2, -0.15) is 12.6 Å². The van der Waals surface area contributed by atoms with Crippen LogP contribution in [-0.2, 0) is 0 Å². The van der Waals surface area contributed by atoms with Crippen LogP contribution in [-0.4, -0.2) is 5.25 Å². The molecular weight excluding hydrogens is 212 g/mol. The van der Waals surface area contributed by atoms with Crippen LogP contribution in [0, 0.1) is 5.92 Å². The average Bonchev–Trinajstić information content (AvgIpc) is 2.30. The van der Waals surface area contributed by atoms with Gasteiger partial charge in [0, 0.05) is 5.25 Å². The first kappa shape index (κ1) is 16.4. The summed E-state index contributed by atoms with van der Waals surface area (Å²) in [6.45, 7) is 6.86. The maximum Gasteiger partial charge on any atom is 0.00450 e. The molecule has 0 nitrogen and oxygen atoms in total. The number of hydrogen-bond donors (Lipinski definition) is 1. The molecule has 0 bridgehead atoms. The molecule has 16 heavy (non-hydrogen) atoms. The fraction of sp³-hybridized carbons (Fsp3) is 1.00. The normalized spacial score (nSPS) is 15.0. The predicted octanol–water partition coefficient (Wildman–Crippen LogP) is 5.86. The Labute approximate surface area is 109 Å². The van der Waals surface area contributed by atoms with Crippen LogP contribution in [0.1, 0.15) is 85.0 Å². The van der Waals surface area contributed by atoms with Crippen molar-refractivity contribution in [2.24, 2.45) is 5.92 Å². The predicted molar refractivity (Wildman–Crippen MR) is 79.5 cm³/mol. The molecule has 0 aliphatic rings. The zero-order valence-electron chi connectivity index (χ0n) is 11.7. The fourth-order valence-electron chi connectivity index (χ4n) is 2.30. The number of hydrogen-bond acceptors (Lipinski definition) is 1. The van der Waals surface area contributed by atoms with Gasteiger partial charge in [-0.05, 0) is 25.2 Å². The van der Waals surface area contributed by atoms with Crippen molar-refractivity contribution in [3.63, 3.8) is 0 Å². The summed E-state index contributed by atoms with van der Waals surface area (Å²) in [6.07, 6.45) is 13.7. The van der Waals surface area contributed by atoms with E-state index in [0.29, 0.717) is 5.25 Å². The quantitative estimate of drug-likeness (QED) is 0.341. The molecule has 98 valence electrons. The van der Waals surface area contributed by atoms with Gasteiger partial charge in [0.1, 0.15) is 0 Å². The molecule has 0 aromatic heterocycles. The van der Waals surface area contributed by atoms with E-state index in [2.05, 4.69) is 20.8 Å². The molecule has 2 unspecified atom stereocenters. The first-order valence-electron chi connectivity index (χ1n) is 7.44. The van der Waals surface area contributed by atoms with Gasteiger partial charge in [-0.1, -0.05) is 65.7 Å². The first-order chi connectivity index (χ1) is 7.76. The Morgan fingerprint density at radius 3 is 1.75 bits per heavy atom. The lowest BCUT2D eigenvalue weighted by molar-refractivity contribution is 0.388. The number of rotatable bonds is 11. The summed E-state index contributed by atoms with van der Waals surface area (Å²) in [5.74, 6) is 0.876. The molecule has 0 aromatic carbocycles. The maximum atomic E-state index is 4.83. The van der Waals surface area contributed by atoms with E-state index in [4.69, 9.17) is 12.6 Å². The molecule has 0 rings (SSSR count). The molecule has 2 atom stereocenters. The summed E-state index contributed by atoms with van der Waals surface area (Å²) in [4.78, 5) is 0. The van der Waals surface area contributed by atoms with Crippen LogP contribution in [0.25, 0.3) is 0 Å². The van der Waals surface area contributed by atoms with E-state index in [-0.39, 0.29) is 0 Å². The topological polar surface area (TPSA) is 0 Å². The van der Waals surface area contributed by atoms with Crippen molar-refractivity contribution >= 4 is 12.6 Å². The van der Waals surface area contributed by atoms with Gasteiger partial charge in [0.05, 0.1) is 0 Å². The van der Waals surface area contributed by atoms with E-state index in [1.54, 1.807) is 0 Å². The van der Waals surface area contributed by atoms with Crippen LogP contribution in [0.15, 0.2) is 0 Å². The zero-order valence-corrected chi connectivity index (χ0v) is 12.6. The lowest BCUT2D eigenvalue weighted by Gasteiger charge is -2.23. The highest BCUT2D eigenvalue weighted by molar-refractivity contribution is 7.81. The van der Waals surface area contributed by atoms with Gasteiger partial charge < -0.3 is 0 Å². The van der Waals surface area contributed by atoms with Crippen LogP contribution in [0.5, 0.6) is 0 Å². The Kier molecular flexibility index (Phi) is 12.1. The van der Waals surface area contributed by atoms with Gasteiger partial charge >= 0.3 is 0 Å². The second kappa shape index (κ2) is 11.8. The molecular formula is C15H32S. The molecule has 1 heteroatoms. The molecule has 0 saturated carbocycles. The van der Waals surface area contributed by atoms with Gasteiger partial charge in [-0.15, -0.1) is 0 Å². The third-order valence-electron chi connectivity index (χ3n) is 3.50. The Morgan fingerprint density at radius 2 is 1.19 bits per heavy atom. The van der Waals surface area contributed by atoms with Crippen molar-refractivity contribution < 1.29 is 0 Å². The van der Waals surface area contributed by atoms with E-state index in [9.17, 15) is 0 Å². The molecule has 0 radical (unpaired) electrons. The van der Waals surface area contributed by atoms with E-state index in [0.717, 1.165) is 5.92 Å². The minimum absolute atomic E-state index is 0.656. The summed E-state index contributed by atoms with van der Waals surface area (Å²) in [5.41, 5.74) is 0. The molecule has 0 fully saturated rings. The largest absolute Gasteiger partial charge is 0.176 e. The summed E-state index contributed by atoms with van der Waals surface area (Å²) < 4.78 is 0. The maximum absolute atomic E-state index is 4.83. The van der Waals surface area contributed by atoms with Crippen LogP contribution in [0.4, 0.5) is 0 Å². The van der Waals surface area contributed by atoms with Gasteiger partial charge in [-0.25, -0.2) is 0 Å². The smallest absolute Gasteiger partial charge is 0.00450 e. The first-order valence-corrected chi connectivity index (χ1v) is 7.95. The van der Waals surface area contributed by atoms with Gasteiger partial charge in [0.2, 0.25) is 0 Å². The summed E-state index contributed by atoms with van der Waals surface area (Å²) in [6, 6.07) is 0. The number of unbranched alkanes of at least 4 members (excludes halogenated alkanes) is 4. The van der Waals surface area contributed by atoms with Gasteiger partial charge in [0.15, 0.2) is 0 Å². The van der Waals surface area contributed by atoms with Crippen molar-refractivity contribution in [1.29, 1.82) is 0 Å². The minimum atomic E-state index is 0.656. The van der Waals surface area contributed by atoms with Crippen LogP contribution in [0.3, 0.4) is 0 Å². The van der Waals surface area contributed by atoms with Crippen molar-refractivity contribution in [2.75, 3.05) is 0 Å². The lowest BCUT2D eigenvalue weighted by atomic mass is 9.90. The van der Waals surface area contributed by atoms with E-state index in [1.165, 1.54) is 64.2 Å². The van der Waals surface area contributed by atoms with E-state index >= 15 is 0 Å². The molecule has 0 heterocycles. The van der Waals surface area contributed by atoms with E-state index < -0.39 is 0 Å². The van der Waals surface area contributed by atoms with Crippen LogP contribution >= 0.6 is 12.6 Å². The highest BCUT2D eigenvalue weighted by Gasteiger charge is 2.16. The van der Waals surface area contributed by atoms with Gasteiger partial charge in [0.25, 0.3) is 0 Å². The SMILES string of the molecule is CCCCCC(CCCC)C(S)CCCC. The summed E-state index contributed by atoms with van der Waals surface area (Å²) in [7, 11) is 0. The van der Waals surface area contributed by atoms with Crippen molar-refractivity contribution in [1.82, 2.24) is 0 Å². The third kappa shape index (κ3) is 8.50. The number of thiol groups is 1. The van der Waals surface area contributed by atoms with E-state index in [1.807, 2.05) is 0 Å². The van der Waals surface area contributed by atoms with Crippen molar-refractivity contribution in [3.05, 3.63) is 0 Å². The minimum Gasteiger partial charge on any atom is -0.176 e. The lowest BCUT2D eigenvalue weighted by Crippen LogP contribution is -2.15. The van der Waals surface area contributed by atoms with Gasteiger partial charge in [-0.3, -0.25) is 0 Å².